The molecule has 1 unspecified atom stereocenters. The molecular weight excluding hydrogens is 250 g/mol. The fraction of sp³-hybridized carbons (Fsp3) is 0.417. The second kappa shape index (κ2) is 5.23. The van der Waals surface area contributed by atoms with Crippen molar-refractivity contribution in [2.45, 2.75) is 6.42 Å². The molecule has 1 atom stereocenters. The first-order valence-electron chi connectivity index (χ1n) is 5.97. The fourth-order valence-electron chi connectivity index (χ4n) is 2.29. The van der Waals surface area contributed by atoms with E-state index in [4.69, 9.17) is 10.8 Å². The van der Waals surface area contributed by atoms with Crippen LogP contribution in [0.1, 0.15) is 16.8 Å². The monoisotopic (exact) mass is 265 g/mol. The second-order valence-corrected chi connectivity index (χ2v) is 4.61. The van der Waals surface area contributed by atoms with E-state index in [0.717, 1.165) is 6.42 Å². The van der Waals surface area contributed by atoms with Gasteiger partial charge in [0.25, 0.3) is 5.69 Å². The summed E-state index contributed by atoms with van der Waals surface area (Å²) in [5, 5.41) is 20.2. The minimum Gasteiger partial charge on any atom is -0.396 e. The van der Waals surface area contributed by atoms with E-state index in [1.165, 1.54) is 18.2 Å². The third-order valence-electron chi connectivity index (χ3n) is 3.34. The number of benzene rings is 1. The highest BCUT2D eigenvalue weighted by atomic mass is 16.6. The number of carbonyl (C=O) groups is 1. The highest BCUT2D eigenvalue weighted by molar-refractivity contribution is 5.94. The van der Waals surface area contributed by atoms with Gasteiger partial charge in [0, 0.05) is 37.2 Å². The van der Waals surface area contributed by atoms with Crippen molar-refractivity contribution in [2.24, 2.45) is 11.7 Å². The van der Waals surface area contributed by atoms with Crippen molar-refractivity contribution < 1.29 is 14.8 Å². The normalized spacial score (nSPS) is 18.6. The van der Waals surface area contributed by atoms with Crippen LogP contribution in [0, 0.1) is 16.0 Å². The molecule has 2 rings (SSSR count). The van der Waals surface area contributed by atoms with E-state index in [2.05, 4.69) is 0 Å². The van der Waals surface area contributed by atoms with Crippen LogP contribution in [-0.2, 0) is 0 Å². The first-order valence-corrected chi connectivity index (χ1v) is 5.97. The summed E-state index contributed by atoms with van der Waals surface area (Å²) < 4.78 is 0. The Kier molecular flexibility index (Phi) is 3.66. The Labute approximate surface area is 109 Å². The van der Waals surface area contributed by atoms with Gasteiger partial charge in [-0.25, -0.2) is 0 Å². The number of nitrogens with two attached hydrogens (primary N) is 1. The quantitative estimate of drug-likeness (QED) is 0.609. The van der Waals surface area contributed by atoms with Crippen LogP contribution in [0.4, 0.5) is 11.4 Å². The topological polar surface area (TPSA) is 110 Å². The lowest BCUT2D eigenvalue weighted by atomic mass is 10.1. The Morgan fingerprint density at radius 3 is 2.84 bits per heavy atom. The van der Waals surface area contributed by atoms with Crippen molar-refractivity contribution in [3.8, 4) is 0 Å². The Bertz CT molecular complexity index is 518. The van der Waals surface area contributed by atoms with E-state index in [-0.39, 0.29) is 23.8 Å². The lowest BCUT2D eigenvalue weighted by molar-refractivity contribution is -0.384. The van der Waals surface area contributed by atoms with Gasteiger partial charge < -0.3 is 15.7 Å². The average Bonchev–Trinajstić information content (AvgIpc) is 2.86. The van der Waals surface area contributed by atoms with Gasteiger partial charge in [-0.2, -0.15) is 0 Å². The number of primary amides is 1. The van der Waals surface area contributed by atoms with Crippen LogP contribution in [0.25, 0.3) is 0 Å². The number of amides is 1. The Balaban J connectivity index is 2.35. The Hall–Kier alpha value is -2.15. The largest absolute Gasteiger partial charge is 0.396 e. The molecule has 0 aliphatic carbocycles. The summed E-state index contributed by atoms with van der Waals surface area (Å²) in [5.41, 5.74) is 5.57. The number of hydrogen-bond acceptors (Lipinski definition) is 5. The molecule has 1 aliphatic heterocycles. The molecule has 0 radical (unpaired) electrons. The molecule has 3 N–H and O–H groups in total. The summed E-state index contributed by atoms with van der Waals surface area (Å²) in [4.78, 5) is 23.5. The fourth-order valence-corrected chi connectivity index (χ4v) is 2.29. The molecule has 1 amide bonds. The molecule has 1 heterocycles. The number of aliphatic hydroxyl groups excluding tert-OH is 1. The predicted molar refractivity (Wildman–Crippen MR) is 69.0 cm³/mol. The predicted octanol–water partition coefficient (Wildman–Crippen LogP) is 0.512. The van der Waals surface area contributed by atoms with Crippen LogP contribution in [0.2, 0.25) is 0 Å². The summed E-state index contributed by atoms with van der Waals surface area (Å²) in [5.74, 6) is -0.556. The maximum Gasteiger partial charge on any atom is 0.293 e. The molecule has 1 aromatic carbocycles. The second-order valence-electron chi connectivity index (χ2n) is 4.61. The van der Waals surface area contributed by atoms with Gasteiger partial charge >= 0.3 is 0 Å². The first-order chi connectivity index (χ1) is 9.02. The van der Waals surface area contributed by atoms with Gasteiger partial charge in [0.15, 0.2) is 0 Å². The van der Waals surface area contributed by atoms with Crippen molar-refractivity contribution in [1.82, 2.24) is 0 Å². The molecule has 1 fully saturated rings. The highest BCUT2D eigenvalue weighted by Gasteiger charge is 2.27. The van der Waals surface area contributed by atoms with E-state index in [9.17, 15) is 14.9 Å². The summed E-state index contributed by atoms with van der Waals surface area (Å²) in [7, 11) is 0. The minimum atomic E-state index is -0.690. The first kappa shape index (κ1) is 13.3. The van der Waals surface area contributed by atoms with Gasteiger partial charge in [-0.05, 0) is 18.6 Å². The van der Waals surface area contributed by atoms with Crippen LogP contribution in [0.15, 0.2) is 18.2 Å². The van der Waals surface area contributed by atoms with Crippen LogP contribution < -0.4 is 10.6 Å². The molecule has 0 bridgehead atoms. The van der Waals surface area contributed by atoms with Crippen molar-refractivity contribution in [1.29, 1.82) is 0 Å². The van der Waals surface area contributed by atoms with E-state index in [0.29, 0.717) is 18.8 Å². The lowest BCUT2D eigenvalue weighted by Crippen LogP contribution is -2.22. The Morgan fingerprint density at radius 2 is 2.32 bits per heavy atom. The standard InChI is InChI=1S/C12H15N3O4/c13-12(17)9-1-2-10(11(5-9)15(18)19)14-4-3-8(6-14)7-16/h1-2,5,8,16H,3-4,6-7H2,(H2,13,17). The third-order valence-corrected chi connectivity index (χ3v) is 3.34. The van der Waals surface area contributed by atoms with Gasteiger partial charge in [0.05, 0.1) is 4.92 Å². The molecule has 0 spiro atoms. The number of nitro groups is 1. The molecule has 102 valence electrons. The van der Waals surface area contributed by atoms with Crippen LogP contribution >= 0.6 is 0 Å². The third kappa shape index (κ3) is 2.65. The van der Waals surface area contributed by atoms with E-state index in [1.54, 1.807) is 0 Å². The molecule has 0 saturated carbocycles. The molecule has 1 aromatic rings. The highest BCUT2D eigenvalue weighted by Crippen LogP contribution is 2.32. The number of nitro benzene ring substituents is 1. The van der Waals surface area contributed by atoms with Crippen LogP contribution in [0.3, 0.4) is 0 Å². The maximum atomic E-state index is 11.1. The van der Waals surface area contributed by atoms with Gasteiger partial charge in [0.1, 0.15) is 5.69 Å². The summed E-state index contributed by atoms with van der Waals surface area (Å²) in [6, 6.07) is 4.22. The van der Waals surface area contributed by atoms with Crippen molar-refractivity contribution in [2.75, 3.05) is 24.6 Å². The number of anilines is 1. The molecule has 7 heteroatoms. The molecule has 7 nitrogen and oxygen atoms in total. The van der Waals surface area contributed by atoms with Gasteiger partial charge in [-0.1, -0.05) is 0 Å². The maximum absolute atomic E-state index is 11.1. The number of aliphatic hydroxyl groups is 1. The van der Waals surface area contributed by atoms with E-state index >= 15 is 0 Å². The minimum absolute atomic E-state index is 0.0731. The zero-order chi connectivity index (χ0) is 14.0. The number of nitrogens with zero attached hydrogens (tertiary/aromatic N) is 2. The summed E-state index contributed by atoms with van der Waals surface area (Å²) in [6.45, 7) is 1.30. The van der Waals surface area contributed by atoms with E-state index in [1.807, 2.05) is 4.90 Å². The lowest BCUT2D eigenvalue weighted by Gasteiger charge is -2.18. The molecule has 1 saturated heterocycles. The average molecular weight is 265 g/mol. The molecule has 1 aliphatic rings. The SMILES string of the molecule is NC(=O)c1ccc(N2CCC(CO)C2)c([N+](=O)[O-])c1. The molecule has 0 aromatic heterocycles. The summed E-state index contributed by atoms with van der Waals surface area (Å²) in [6.07, 6.45) is 0.797. The summed E-state index contributed by atoms with van der Waals surface area (Å²) >= 11 is 0. The smallest absolute Gasteiger partial charge is 0.293 e. The van der Waals surface area contributed by atoms with Crippen molar-refractivity contribution in [3.05, 3.63) is 33.9 Å². The zero-order valence-corrected chi connectivity index (χ0v) is 10.3. The van der Waals surface area contributed by atoms with Crippen molar-refractivity contribution >= 4 is 17.3 Å². The Morgan fingerprint density at radius 1 is 1.58 bits per heavy atom. The number of carbonyl (C=O) groups excluding carboxylic acids is 1. The zero-order valence-electron chi connectivity index (χ0n) is 10.3. The van der Waals surface area contributed by atoms with Gasteiger partial charge in [-0.15, -0.1) is 0 Å². The van der Waals surface area contributed by atoms with Crippen molar-refractivity contribution in [3.63, 3.8) is 0 Å². The van der Waals surface area contributed by atoms with Gasteiger partial charge in [0.2, 0.25) is 5.91 Å². The van der Waals surface area contributed by atoms with Crippen LogP contribution in [-0.4, -0.2) is 35.6 Å². The molecular formula is C12H15N3O4. The number of hydrogen-bond donors (Lipinski definition) is 2. The van der Waals surface area contributed by atoms with Crippen LogP contribution in [0.5, 0.6) is 0 Å². The van der Waals surface area contributed by atoms with Gasteiger partial charge in [-0.3, -0.25) is 14.9 Å². The number of rotatable bonds is 4. The van der Waals surface area contributed by atoms with E-state index < -0.39 is 10.8 Å². The molecule has 19 heavy (non-hydrogen) atoms.